The van der Waals surface area contributed by atoms with Crippen LogP contribution in [0, 0.1) is 11.8 Å². The number of amides is 1. The number of hydrogen-bond acceptors (Lipinski definition) is 2. The van der Waals surface area contributed by atoms with E-state index in [1.165, 1.54) is 0 Å². The minimum absolute atomic E-state index is 0.0589. The van der Waals surface area contributed by atoms with Crippen molar-refractivity contribution in [2.24, 2.45) is 11.8 Å². The van der Waals surface area contributed by atoms with Crippen molar-refractivity contribution < 1.29 is 14.7 Å². The van der Waals surface area contributed by atoms with Crippen LogP contribution in [0.15, 0.2) is 0 Å². The SMILES string of the molecule is CC1CCC(C)N1C(=O)C1CCC(C(=O)O)CC1. The Labute approximate surface area is 108 Å². The van der Waals surface area contributed by atoms with E-state index in [2.05, 4.69) is 13.8 Å². The molecule has 4 nitrogen and oxygen atoms in total. The third kappa shape index (κ3) is 2.52. The monoisotopic (exact) mass is 253 g/mol. The smallest absolute Gasteiger partial charge is 0.306 e. The molecule has 2 fully saturated rings. The van der Waals surface area contributed by atoms with E-state index in [0.29, 0.717) is 24.9 Å². The Bertz CT molecular complexity index is 324. The Kier molecular flexibility index (Phi) is 3.93. The molecule has 0 bridgehead atoms. The van der Waals surface area contributed by atoms with Crippen molar-refractivity contribution in [2.75, 3.05) is 0 Å². The van der Waals surface area contributed by atoms with Crippen molar-refractivity contribution in [3.8, 4) is 0 Å². The summed E-state index contributed by atoms with van der Waals surface area (Å²) in [7, 11) is 0. The highest BCUT2D eigenvalue weighted by Crippen LogP contribution is 2.33. The normalized spacial score (nSPS) is 36.7. The zero-order valence-electron chi connectivity index (χ0n) is 11.3. The Morgan fingerprint density at radius 1 is 0.889 bits per heavy atom. The number of carbonyl (C=O) groups is 2. The lowest BCUT2D eigenvalue weighted by Crippen LogP contribution is -2.43. The molecule has 1 aliphatic carbocycles. The van der Waals surface area contributed by atoms with Gasteiger partial charge in [0, 0.05) is 18.0 Å². The van der Waals surface area contributed by atoms with Crippen LogP contribution in [0.1, 0.15) is 52.4 Å². The number of aliphatic carboxylic acids is 1. The summed E-state index contributed by atoms with van der Waals surface area (Å²) in [5, 5.41) is 8.96. The molecule has 0 aromatic heterocycles. The number of carboxylic acid groups (broad SMARTS) is 1. The molecule has 1 heterocycles. The van der Waals surface area contributed by atoms with Gasteiger partial charge < -0.3 is 10.0 Å². The molecule has 1 aliphatic heterocycles. The van der Waals surface area contributed by atoms with Crippen molar-refractivity contribution in [1.82, 2.24) is 4.90 Å². The maximum Gasteiger partial charge on any atom is 0.306 e. The fourth-order valence-corrected chi connectivity index (χ4v) is 3.43. The van der Waals surface area contributed by atoms with E-state index in [1.54, 1.807) is 0 Å². The molecule has 2 aliphatic rings. The van der Waals surface area contributed by atoms with Gasteiger partial charge in [-0.15, -0.1) is 0 Å². The Morgan fingerprint density at radius 3 is 1.78 bits per heavy atom. The molecule has 2 rings (SSSR count). The van der Waals surface area contributed by atoms with Crippen LogP contribution < -0.4 is 0 Å². The molecule has 18 heavy (non-hydrogen) atoms. The largest absolute Gasteiger partial charge is 0.481 e. The fourth-order valence-electron chi connectivity index (χ4n) is 3.43. The van der Waals surface area contributed by atoms with Crippen LogP contribution in [0.3, 0.4) is 0 Å². The average molecular weight is 253 g/mol. The first-order valence-corrected chi connectivity index (χ1v) is 7.05. The van der Waals surface area contributed by atoms with Gasteiger partial charge in [0.05, 0.1) is 5.92 Å². The standard InChI is InChI=1S/C14H23NO3/c1-9-3-4-10(2)15(9)13(16)11-5-7-12(8-6-11)14(17)18/h9-12H,3-8H2,1-2H3,(H,17,18). The summed E-state index contributed by atoms with van der Waals surface area (Å²) < 4.78 is 0. The summed E-state index contributed by atoms with van der Waals surface area (Å²) in [5.74, 6) is -0.619. The highest BCUT2D eigenvalue weighted by molar-refractivity contribution is 5.80. The number of nitrogens with zero attached hydrogens (tertiary/aromatic N) is 1. The lowest BCUT2D eigenvalue weighted by molar-refractivity contribution is -0.146. The van der Waals surface area contributed by atoms with E-state index in [9.17, 15) is 9.59 Å². The molecule has 4 heteroatoms. The summed E-state index contributed by atoms with van der Waals surface area (Å²) >= 11 is 0. The first-order chi connectivity index (χ1) is 8.50. The molecule has 2 unspecified atom stereocenters. The van der Waals surface area contributed by atoms with Crippen molar-refractivity contribution in [3.63, 3.8) is 0 Å². The Hall–Kier alpha value is -1.06. The molecule has 2 atom stereocenters. The van der Waals surface area contributed by atoms with Gasteiger partial charge in [-0.25, -0.2) is 0 Å². The van der Waals surface area contributed by atoms with Crippen LogP contribution in [-0.2, 0) is 9.59 Å². The fraction of sp³-hybridized carbons (Fsp3) is 0.857. The van der Waals surface area contributed by atoms with Gasteiger partial charge >= 0.3 is 5.97 Å². The van der Waals surface area contributed by atoms with Crippen LogP contribution in [0.4, 0.5) is 0 Å². The minimum Gasteiger partial charge on any atom is -0.481 e. The second-order valence-corrected chi connectivity index (χ2v) is 5.91. The minimum atomic E-state index is -0.705. The van der Waals surface area contributed by atoms with E-state index in [0.717, 1.165) is 25.7 Å². The number of carboxylic acids is 1. The van der Waals surface area contributed by atoms with Gasteiger partial charge in [-0.1, -0.05) is 0 Å². The Balaban J connectivity index is 1.93. The topological polar surface area (TPSA) is 57.6 Å². The number of likely N-dealkylation sites (tertiary alicyclic amines) is 1. The lowest BCUT2D eigenvalue weighted by atomic mass is 9.81. The second kappa shape index (κ2) is 5.29. The highest BCUT2D eigenvalue weighted by atomic mass is 16.4. The maximum absolute atomic E-state index is 12.5. The van der Waals surface area contributed by atoms with E-state index >= 15 is 0 Å². The van der Waals surface area contributed by atoms with Crippen LogP contribution >= 0.6 is 0 Å². The van der Waals surface area contributed by atoms with E-state index in [1.807, 2.05) is 4.90 Å². The molecule has 0 radical (unpaired) electrons. The van der Waals surface area contributed by atoms with E-state index < -0.39 is 5.97 Å². The van der Waals surface area contributed by atoms with E-state index in [-0.39, 0.29) is 17.7 Å². The lowest BCUT2D eigenvalue weighted by Gasteiger charge is -2.33. The molecule has 1 N–H and O–H groups in total. The van der Waals surface area contributed by atoms with Gasteiger partial charge in [0.2, 0.25) is 5.91 Å². The molecule has 0 spiro atoms. The van der Waals surface area contributed by atoms with Gasteiger partial charge in [0.15, 0.2) is 0 Å². The number of rotatable bonds is 2. The predicted octanol–water partition coefficient (Wildman–Crippen LogP) is 2.28. The number of hydrogen-bond donors (Lipinski definition) is 1. The van der Waals surface area contributed by atoms with Crippen molar-refractivity contribution >= 4 is 11.9 Å². The molecule has 1 amide bonds. The van der Waals surface area contributed by atoms with Crippen LogP contribution in [-0.4, -0.2) is 34.0 Å². The summed E-state index contributed by atoms with van der Waals surface area (Å²) in [5.41, 5.74) is 0. The first kappa shape index (κ1) is 13.4. The van der Waals surface area contributed by atoms with Gasteiger partial charge in [-0.05, 0) is 52.4 Å². The van der Waals surface area contributed by atoms with Gasteiger partial charge in [0.1, 0.15) is 0 Å². The van der Waals surface area contributed by atoms with Crippen LogP contribution in [0.25, 0.3) is 0 Å². The third-order valence-corrected chi connectivity index (χ3v) is 4.63. The van der Waals surface area contributed by atoms with Gasteiger partial charge in [-0.2, -0.15) is 0 Å². The maximum atomic E-state index is 12.5. The average Bonchev–Trinajstić information content (AvgIpc) is 2.68. The van der Waals surface area contributed by atoms with Gasteiger partial charge in [0.25, 0.3) is 0 Å². The van der Waals surface area contributed by atoms with Crippen molar-refractivity contribution in [3.05, 3.63) is 0 Å². The summed E-state index contributed by atoms with van der Waals surface area (Å²) in [4.78, 5) is 25.4. The van der Waals surface area contributed by atoms with E-state index in [4.69, 9.17) is 5.11 Å². The molecule has 0 aromatic carbocycles. The Morgan fingerprint density at radius 2 is 1.33 bits per heavy atom. The zero-order valence-corrected chi connectivity index (χ0v) is 11.3. The predicted molar refractivity (Wildman–Crippen MR) is 68.1 cm³/mol. The quantitative estimate of drug-likeness (QED) is 0.821. The van der Waals surface area contributed by atoms with Crippen LogP contribution in [0.2, 0.25) is 0 Å². The molecule has 1 saturated heterocycles. The summed E-state index contributed by atoms with van der Waals surface area (Å²) in [6.45, 7) is 4.23. The van der Waals surface area contributed by atoms with Gasteiger partial charge in [-0.3, -0.25) is 9.59 Å². The van der Waals surface area contributed by atoms with Crippen LogP contribution in [0.5, 0.6) is 0 Å². The highest BCUT2D eigenvalue weighted by Gasteiger charge is 2.37. The molecular formula is C14H23NO3. The zero-order chi connectivity index (χ0) is 13.3. The summed E-state index contributed by atoms with van der Waals surface area (Å²) in [6.07, 6.45) is 4.98. The molecular weight excluding hydrogens is 230 g/mol. The van der Waals surface area contributed by atoms with Crippen molar-refractivity contribution in [1.29, 1.82) is 0 Å². The third-order valence-electron chi connectivity index (χ3n) is 4.63. The summed E-state index contributed by atoms with van der Waals surface area (Å²) in [6, 6.07) is 0.703. The molecule has 0 aromatic rings. The first-order valence-electron chi connectivity index (χ1n) is 7.05. The molecule has 1 saturated carbocycles. The number of carbonyl (C=O) groups excluding carboxylic acids is 1. The van der Waals surface area contributed by atoms with Crippen molar-refractivity contribution in [2.45, 2.75) is 64.5 Å². The second-order valence-electron chi connectivity index (χ2n) is 5.91. The molecule has 102 valence electrons.